The van der Waals surface area contributed by atoms with Gasteiger partial charge < -0.3 is 23.9 Å². The molecule has 4 rings (SSSR count). The molecule has 3 amide bonds. The Labute approximate surface area is 230 Å². The summed E-state index contributed by atoms with van der Waals surface area (Å²) in [5.41, 5.74) is 1.21. The number of rotatable bonds is 9. The van der Waals surface area contributed by atoms with E-state index >= 15 is 0 Å². The highest BCUT2D eigenvalue weighted by atomic mass is 79.9. The van der Waals surface area contributed by atoms with Gasteiger partial charge in [0.1, 0.15) is 5.76 Å². The number of amides is 3. The molecule has 1 aliphatic heterocycles. The Kier molecular flexibility index (Phi) is 8.54. The summed E-state index contributed by atoms with van der Waals surface area (Å²) in [5, 5.41) is 2.25. The second-order valence-electron chi connectivity index (χ2n) is 7.76. The topological polar surface area (TPSA) is 124 Å². The van der Waals surface area contributed by atoms with E-state index in [-0.39, 0.29) is 35.5 Å². The molecule has 1 aliphatic rings. The van der Waals surface area contributed by atoms with E-state index in [0.29, 0.717) is 27.2 Å². The Morgan fingerprint density at radius 1 is 1.11 bits per heavy atom. The number of methoxy groups -OCH3 is 2. The number of nitrogens with zero attached hydrogens (tertiary/aromatic N) is 1. The summed E-state index contributed by atoms with van der Waals surface area (Å²) >= 11 is 4.20. The van der Waals surface area contributed by atoms with Crippen molar-refractivity contribution in [1.82, 2.24) is 4.90 Å². The van der Waals surface area contributed by atoms with Gasteiger partial charge in [-0.3, -0.25) is 19.3 Å². The van der Waals surface area contributed by atoms with E-state index in [1.807, 2.05) is 6.07 Å². The maximum absolute atomic E-state index is 12.9. The minimum Gasteiger partial charge on any atom is -0.493 e. The molecule has 38 heavy (non-hydrogen) atoms. The average Bonchev–Trinajstić information content (AvgIpc) is 3.48. The summed E-state index contributed by atoms with van der Waals surface area (Å²) in [6.07, 6.45) is 1.55. The SMILES string of the molecule is COC(=O)c1ccc(CN2C(=O)S/C(=C/c3cc(Br)c(OCC(=O)Nc4ccccc4)c(OC)c3)C2=O)o1. The van der Waals surface area contributed by atoms with Crippen LogP contribution in [0.3, 0.4) is 0 Å². The average molecular weight is 601 g/mol. The van der Waals surface area contributed by atoms with Gasteiger partial charge in [-0.15, -0.1) is 0 Å². The Bertz CT molecular complexity index is 1420. The van der Waals surface area contributed by atoms with E-state index in [4.69, 9.17) is 13.9 Å². The van der Waals surface area contributed by atoms with Gasteiger partial charge in [-0.05, 0) is 75.7 Å². The molecule has 0 radical (unpaired) electrons. The minimum absolute atomic E-state index is 0.0261. The van der Waals surface area contributed by atoms with Crippen LogP contribution in [0, 0.1) is 0 Å². The van der Waals surface area contributed by atoms with Crippen molar-refractivity contribution >= 4 is 62.5 Å². The molecule has 0 saturated carbocycles. The second kappa shape index (κ2) is 12.0. The number of para-hydroxylation sites is 1. The molecule has 2 aromatic carbocycles. The lowest BCUT2D eigenvalue weighted by atomic mass is 10.2. The molecule has 0 atom stereocenters. The number of halogens is 1. The van der Waals surface area contributed by atoms with Crippen molar-refractivity contribution in [2.24, 2.45) is 0 Å². The molecule has 12 heteroatoms. The number of nitrogens with one attached hydrogen (secondary N) is 1. The molecule has 0 spiro atoms. The van der Waals surface area contributed by atoms with Crippen molar-refractivity contribution in [3.63, 3.8) is 0 Å². The maximum atomic E-state index is 12.9. The first-order chi connectivity index (χ1) is 18.3. The van der Waals surface area contributed by atoms with Gasteiger partial charge in [-0.1, -0.05) is 18.2 Å². The summed E-state index contributed by atoms with van der Waals surface area (Å²) in [4.78, 5) is 50.5. The predicted octanol–water partition coefficient (Wildman–Crippen LogP) is 5.09. The van der Waals surface area contributed by atoms with Crippen LogP contribution in [0.1, 0.15) is 21.9 Å². The number of furan rings is 1. The molecule has 0 aliphatic carbocycles. The number of hydrogen-bond acceptors (Lipinski definition) is 9. The fraction of sp³-hybridized carbons (Fsp3) is 0.154. The number of esters is 1. The molecule has 10 nitrogen and oxygen atoms in total. The largest absolute Gasteiger partial charge is 0.493 e. The van der Waals surface area contributed by atoms with Crippen molar-refractivity contribution in [2.45, 2.75) is 6.54 Å². The first kappa shape index (κ1) is 27.0. The summed E-state index contributed by atoms with van der Waals surface area (Å²) in [6.45, 7) is -0.392. The number of carbonyl (C=O) groups is 4. The number of carbonyl (C=O) groups excluding carboxylic acids is 4. The summed E-state index contributed by atoms with van der Waals surface area (Å²) < 4.78 is 21.6. The number of anilines is 1. The van der Waals surface area contributed by atoms with E-state index in [9.17, 15) is 19.2 Å². The molecule has 1 saturated heterocycles. The molecule has 1 fully saturated rings. The van der Waals surface area contributed by atoms with Crippen LogP contribution in [0.2, 0.25) is 0 Å². The predicted molar refractivity (Wildman–Crippen MR) is 143 cm³/mol. The van der Waals surface area contributed by atoms with Crippen molar-refractivity contribution in [1.29, 1.82) is 0 Å². The lowest BCUT2D eigenvalue weighted by molar-refractivity contribution is -0.123. The van der Waals surface area contributed by atoms with Gasteiger partial charge in [0.05, 0.1) is 30.1 Å². The van der Waals surface area contributed by atoms with Crippen LogP contribution >= 0.6 is 27.7 Å². The van der Waals surface area contributed by atoms with Crippen LogP contribution in [0.5, 0.6) is 11.5 Å². The van der Waals surface area contributed by atoms with E-state index in [2.05, 4.69) is 26.0 Å². The summed E-state index contributed by atoms with van der Waals surface area (Å²) in [5.74, 6) is -0.655. The molecule has 2 heterocycles. The first-order valence-corrected chi connectivity index (χ1v) is 12.7. The van der Waals surface area contributed by atoms with E-state index in [1.54, 1.807) is 42.5 Å². The Morgan fingerprint density at radius 3 is 2.58 bits per heavy atom. The molecule has 1 aromatic heterocycles. The molecule has 1 N–H and O–H groups in total. The van der Waals surface area contributed by atoms with Crippen LogP contribution < -0.4 is 14.8 Å². The lowest BCUT2D eigenvalue weighted by Crippen LogP contribution is -2.27. The smallest absolute Gasteiger partial charge is 0.373 e. The van der Waals surface area contributed by atoms with Crippen LogP contribution in [-0.2, 0) is 20.9 Å². The number of thioether (sulfide) groups is 1. The van der Waals surface area contributed by atoms with E-state index in [0.717, 1.165) is 16.7 Å². The number of benzene rings is 2. The fourth-order valence-corrected chi connectivity index (χ4v) is 4.85. The van der Waals surface area contributed by atoms with Crippen LogP contribution in [0.15, 0.2) is 68.4 Å². The third kappa shape index (κ3) is 6.26. The van der Waals surface area contributed by atoms with Crippen molar-refractivity contribution in [3.8, 4) is 11.5 Å². The molecular weight excluding hydrogens is 580 g/mol. The van der Waals surface area contributed by atoms with E-state index in [1.165, 1.54) is 26.4 Å². The van der Waals surface area contributed by atoms with Crippen LogP contribution in [-0.4, -0.2) is 48.7 Å². The zero-order chi connectivity index (χ0) is 27.2. The Hall–Kier alpha value is -4.03. The highest BCUT2D eigenvalue weighted by Crippen LogP contribution is 2.39. The fourth-order valence-electron chi connectivity index (χ4n) is 3.44. The minimum atomic E-state index is -0.658. The third-order valence-electron chi connectivity index (χ3n) is 5.19. The zero-order valence-corrected chi connectivity index (χ0v) is 22.6. The third-order valence-corrected chi connectivity index (χ3v) is 6.69. The van der Waals surface area contributed by atoms with Crippen LogP contribution in [0.4, 0.5) is 10.5 Å². The standard InChI is InChI=1S/C26H21BrN2O8S/c1-34-20-11-15(10-18(27)23(20)36-14-22(30)28-16-6-4-3-5-7-16)12-21-24(31)29(26(33)38-21)13-17-8-9-19(37-17)25(32)35-2/h3-12H,13-14H2,1-2H3,(H,28,30)/b21-12+. The summed E-state index contributed by atoms with van der Waals surface area (Å²) in [7, 11) is 2.67. The van der Waals surface area contributed by atoms with Gasteiger partial charge >= 0.3 is 5.97 Å². The quantitative estimate of drug-likeness (QED) is 0.264. The highest BCUT2D eigenvalue weighted by Gasteiger charge is 2.36. The molecular formula is C26H21BrN2O8S. The summed E-state index contributed by atoms with van der Waals surface area (Å²) in [6, 6.07) is 15.2. The molecule has 3 aromatic rings. The number of ether oxygens (including phenoxy) is 3. The van der Waals surface area contributed by atoms with Crippen molar-refractivity contribution in [3.05, 3.63) is 81.1 Å². The lowest BCUT2D eigenvalue weighted by Gasteiger charge is -2.14. The zero-order valence-electron chi connectivity index (χ0n) is 20.2. The van der Waals surface area contributed by atoms with Gasteiger partial charge in [-0.25, -0.2) is 4.79 Å². The first-order valence-electron chi connectivity index (χ1n) is 11.1. The normalized spacial score (nSPS) is 14.1. The second-order valence-corrected chi connectivity index (χ2v) is 9.61. The number of hydrogen-bond donors (Lipinski definition) is 1. The molecule has 0 unspecified atom stereocenters. The van der Waals surface area contributed by atoms with Gasteiger partial charge in [0.2, 0.25) is 5.76 Å². The Balaban J connectivity index is 1.45. The Morgan fingerprint density at radius 2 is 1.87 bits per heavy atom. The highest BCUT2D eigenvalue weighted by molar-refractivity contribution is 9.10. The molecule has 196 valence electrons. The van der Waals surface area contributed by atoms with Crippen molar-refractivity contribution in [2.75, 3.05) is 26.1 Å². The van der Waals surface area contributed by atoms with Gasteiger partial charge in [0.15, 0.2) is 18.1 Å². The monoisotopic (exact) mass is 600 g/mol. The van der Waals surface area contributed by atoms with Crippen molar-refractivity contribution < 1.29 is 37.8 Å². The van der Waals surface area contributed by atoms with Gasteiger partial charge in [0, 0.05) is 5.69 Å². The number of imide groups is 1. The van der Waals surface area contributed by atoms with Gasteiger partial charge in [0.25, 0.3) is 17.1 Å². The van der Waals surface area contributed by atoms with Gasteiger partial charge in [-0.2, -0.15) is 0 Å². The maximum Gasteiger partial charge on any atom is 0.373 e. The van der Waals surface area contributed by atoms with E-state index < -0.39 is 17.1 Å². The molecule has 0 bridgehead atoms. The van der Waals surface area contributed by atoms with Crippen LogP contribution in [0.25, 0.3) is 6.08 Å².